The topological polar surface area (TPSA) is 136 Å². The molecule has 1 aliphatic rings. The van der Waals surface area contributed by atoms with Gasteiger partial charge in [0.05, 0.1) is 35.0 Å². The molecule has 0 aliphatic carbocycles. The molecule has 10 heteroatoms. The highest BCUT2D eigenvalue weighted by molar-refractivity contribution is 5.54. The molecule has 3 rings (SSSR count). The molecule has 188 valence electrons. The Bertz CT molecular complexity index is 922. The fourth-order valence-electron chi connectivity index (χ4n) is 3.80. The maximum Gasteiger partial charge on any atom is 0.229 e. The number of rotatable bonds is 10. The number of hydrogen-bond donors (Lipinski definition) is 4. The van der Waals surface area contributed by atoms with Crippen LogP contribution in [-0.2, 0) is 17.6 Å². The van der Waals surface area contributed by atoms with Crippen LogP contribution in [0.4, 0.5) is 0 Å². The van der Waals surface area contributed by atoms with E-state index in [9.17, 15) is 20.4 Å². The monoisotopic (exact) mass is 480 g/mol. The second-order valence-corrected chi connectivity index (χ2v) is 7.83. The van der Waals surface area contributed by atoms with Crippen LogP contribution >= 0.6 is 0 Å². The summed E-state index contributed by atoms with van der Waals surface area (Å²) in [5.41, 5.74) is 1.96. The molecule has 1 fully saturated rings. The van der Waals surface area contributed by atoms with E-state index in [1.165, 1.54) is 14.2 Å². The Morgan fingerprint density at radius 3 is 1.82 bits per heavy atom. The van der Waals surface area contributed by atoms with Crippen molar-refractivity contribution in [2.24, 2.45) is 0 Å². The predicted molar refractivity (Wildman–Crippen MR) is 121 cm³/mol. The average molecular weight is 481 g/mol. The van der Waals surface area contributed by atoms with Gasteiger partial charge in [-0.3, -0.25) is 0 Å². The summed E-state index contributed by atoms with van der Waals surface area (Å²) in [7, 11) is 6.11. The summed E-state index contributed by atoms with van der Waals surface area (Å²) in [5.74, 6) is 2.13. The lowest BCUT2D eigenvalue weighted by molar-refractivity contribution is -0.277. The van der Waals surface area contributed by atoms with E-state index in [4.69, 9.17) is 28.4 Å². The Balaban J connectivity index is 1.80. The molecule has 0 aromatic heterocycles. The first kappa shape index (κ1) is 25.9. The number of benzene rings is 2. The van der Waals surface area contributed by atoms with Crippen LogP contribution in [-0.4, -0.2) is 86.2 Å². The van der Waals surface area contributed by atoms with Gasteiger partial charge in [-0.2, -0.15) is 0 Å². The normalized spacial score (nSPS) is 24.4. The molecule has 5 atom stereocenters. The van der Waals surface area contributed by atoms with Gasteiger partial charge in [0.15, 0.2) is 23.0 Å². The Morgan fingerprint density at radius 1 is 0.706 bits per heavy atom. The van der Waals surface area contributed by atoms with Crippen LogP contribution in [0.2, 0.25) is 0 Å². The van der Waals surface area contributed by atoms with Crippen molar-refractivity contribution >= 4 is 0 Å². The first-order valence-electron chi connectivity index (χ1n) is 10.8. The number of aryl methyl sites for hydroxylation is 2. The first-order chi connectivity index (χ1) is 16.4. The molecule has 2 aromatic carbocycles. The molecule has 0 saturated carbocycles. The molecule has 1 saturated heterocycles. The summed E-state index contributed by atoms with van der Waals surface area (Å²) in [6.07, 6.45) is -5.70. The standard InChI is InChI=1S/C24H32O10/c1-29-15-8-7-13(9-16(15)30-2)5-6-14-10-17(31-3)23(18(11-14)32-4)34-24-22(28)21(27)20(26)19(12-25)33-24/h7-11,19-22,24-28H,5-6,12H2,1-4H3. The lowest BCUT2D eigenvalue weighted by Gasteiger charge is -2.39. The van der Waals surface area contributed by atoms with E-state index in [-0.39, 0.29) is 5.75 Å². The van der Waals surface area contributed by atoms with E-state index in [1.807, 2.05) is 18.2 Å². The average Bonchev–Trinajstić information content (AvgIpc) is 2.87. The molecule has 1 aliphatic heterocycles. The van der Waals surface area contributed by atoms with Crippen molar-refractivity contribution in [2.45, 2.75) is 43.5 Å². The SMILES string of the molecule is COc1ccc(CCc2cc(OC)c(OC3OC(CO)C(O)C(O)C3O)c(OC)c2)cc1OC. The van der Waals surface area contributed by atoms with Gasteiger partial charge in [0, 0.05) is 0 Å². The van der Waals surface area contributed by atoms with E-state index in [0.717, 1.165) is 11.1 Å². The van der Waals surface area contributed by atoms with Crippen molar-refractivity contribution in [3.05, 3.63) is 41.5 Å². The molecule has 0 radical (unpaired) electrons. The van der Waals surface area contributed by atoms with Gasteiger partial charge in [-0.15, -0.1) is 0 Å². The molecule has 2 aromatic rings. The van der Waals surface area contributed by atoms with Crippen molar-refractivity contribution in [1.29, 1.82) is 0 Å². The van der Waals surface area contributed by atoms with E-state index in [2.05, 4.69) is 0 Å². The molecule has 34 heavy (non-hydrogen) atoms. The number of hydrogen-bond acceptors (Lipinski definition) is 10. The molecule has 10 nitrogen and oxygen atoms in total. The fraction of sp³-hybridized carbons (Fsp3) is 0.500. The van der Waals surface area contributed by atoms with Gasteiger partial charge in [0.25, 0.3) is 0 Å². The van der Waals surface area contributed by atoms with Crippen LogP contribution in [0.5, 0.6) is 28.7 Å². The Labute approximate surface area is 198 Å². The van der Waals surface area contributed by atoms with Gasteiger partial charge in [-0.1, -0.05) is 6.07 Å². The fourth-order valence-corrected chi connectivity index (χ4v) is 3.80. The molecular formula is C24H32O10. The van der Waals surface area contributed by atoms with Crippen LogP contribution in [0.25, 0.3) is 0 Å². The minimum Gasteiger partial charge on any atom is -0.493 e. The number of aliphatic hydroxyl groups is 4. The Morgan fingerprint density at radius 2 is 1.26 bits per heavy atom. The van der Waals surface area contributed by atoms with Crippen molar-refractivity contribution in [1.82, 2.24) is 0 Å². The smallest absolute Gasteiger partial charge is 0.229 e. The highest BCUT2D eigenvalue weighted by atomic mass is 16.7. The lowest BCUT2D eigenvalue weighted by Crippen LogP contribution is -2.60. The Kier molecular flexibility index (Phi) is 8.81. The first-order valence-corrected chi connectivity index (χ1v) is 10.8. The third kappa shape index (κ3) is 5.48. The van der Waals surface area contributed by atoms with Crippen molar-refractivity contribution in [2.75, 3.05) is 35.0 Å². The van der Waals surface area contributed by atoms with E-state index in [1.54, 1.807) is 26.4 Å². The van der Waals surface area contributed by atoms with Crippen LogP contribution in [0.1, 0.15) is 11.1 Å². The molecule has 5 unspecified atom stereocenters. The third-order valence-electron chi connectivity index (χ3n) is 5.75. The third-order valence-corrected chi connectivity index (χ3v) is 5.75. The molecule has 1 heterocycles. The molecule has 4 N–H and O–H groups in total. The van der Waals surface area contributed by atoms with Crippen molar-refractivity contribution in [3.8, 4) is 28.7 Å². The quantitative estimate of drug-likeness (QED) is 0.384. The molecule has 0 bridgehead atoms. The van der Waals surface area contributed by atoms with Gasteiger partial charge in [-0.05, 0) is 48.2 Å². The zero-order chi connectivity index (χ0) is 24.8. The minimum absolute atomic E-state index is 0.157. The summed E-state index contributed by atoms with van der Waals surface area (Å²) in [6, 6.07) is 9.30. The van der Waals surface area contributed by atoms with Crippen LogP contribution in [0, 0.1) is 0 Å². The van der Waals surface area contributed by atoms with E-state index >= 15 is 0 Å². The van der Waals surface area contributed by atoms with E-state index < -0.39 is 37.3 Å². The van der Waals surface area contributed by atoms with Crippen LogP contribution in [0.3, 0.4) is 0 Å². The summed E-state index contributed by atoms with van der Waals surface area (Å²) < 4.78 is 32.9. The van der Waals surface area contributed by atoms with Gasteiger partial charge >= 0.3 is 0 Å². The van der Waals surface area contributed by atoms with Gasteiger partial charge < -0.3 is 48.8 Å². The summed E-state index contributed by atoms with van der Waals surface area (Å²) in [6.45, 7) is -0.561. The maximum absolute atomic E-state index is 10.3. The molecule has 0 spiro atoms. The highest BCUT2D eigenvalue weighted by Crippen LogP contribution is 2.41. The maximum atomic E-state index is 10.3. The van der Waals surface area contributed by atoms with Crippen LogP contribution < -0.4 is 23.7 Å². The van der Waals surface area contributed by atoms with Gasteiger partial charge in [-0.25, -0.2) is 0 Å². The number of methoxy groups -OCH3 is 4. The highest BCUT2D eigenvalue weighted by Gasteiger charge is 2.45. The second-order valence-electron chi connectivity index (χ2n) is 7.83. The van der Waals surface area contributed by atoms with Crippen LogP contribution in [0.15, 0.2) is 30.3 Å². The van der Waals surface area contributed by atoms with Crippen molar-refractivity contribution in [3.63, 3.8) is 0 Å². The summed E-state index contributed by atoms with van der Waals surface area (Å²) in [5, 5.41) is 39.7. The van der Waals surface area contributed by atoms with E-state index in [0.29, 0.717) is 35.8 Å². The summed E-state index contributed by atoms with van der Waals surface area (Å²) in [4.78, 5) is 0. The molecular weight excluding hydrogens is 448 g/mol. The lowest BCUT2D eigenvalue weighted by atomic mass is 9.99. The minimum atomic E-state index is -1.56. The largest absolute Gasteiger partial charge is 0.493 e. The zero-order valence-corrected chi connectivity index (χ0v) is 19.6. The number of aliphatic hydroxyl groups excluding tert-OH is 4. The summed E-state index contributed by atoms with van der Waals surface area (Å²) >= 11 is 0. The van der Waals surface area contributed by atoms with Gasteiger partial charge in [0.2, 0.25) is 12.0 Å². The zero-order valence-electron chi connectivity index (χ0n) is 19.6. The van der Waals surface area contributed by atoms with Crippen molar-refractivity contribution < 1.29 is 48.8 Å². The number of ether oxygens (including phenoxy) is 6. The Hall–Kier alpha value is -2.76. The molecule has 0 amide bonds. The van der Waals surface area contributed by atoms with Gasteiger partial charge in [0.1, 0.15) is 24.4 Å². The second kappa shape index (κ2) is 11.6. The predicted octanol–water partition coefficient (Wildman–Crippen LogP) is 0.685.